The summed E-state index contributed by atoms with van der Waals surface area (Å²) in [6.45, 7) is 2.38. The topological polar surface area (TPSA) is 55.4 Å². The molecule has 0 radical (unpaired) electrons. The molecule has 4 heteroatoms. The fourth-order valence-corrected chi connectivity index (χ4v) is 3.66. The molecule has 0 aliphatic heterocycles. The van der Waals surface area contributed by atoms with Gasteiger partial charge in [0.05, 0.1) is 6.10 Å². The Bertz CT molecular complexity index is 355. The molecule has 2 rings (SSSR count). The van der Waals surface area contributed by atoms with Crippen LogP contribution in [0.1, 0.15) is 77.6 Å². The second-order valence-corrected chi connectivity index (χ2v) is 6.96. The Labute approximate surface area is 134 Å². The molecule has 4 nitrogen and oxygen atoms in total. The van der Waals surface area contributed by atoms with E-state index >= 15 is 0 Å². The van der Waals surface area contributed by atoms with Crippen LogP contribution in [0.5, 0.6) is 0 Å². The molecule has 126 valence electrons. The lowest BCUT2D eigenvalue weighted by Crippen LogP contribution is -2.38. The van der Waals surface area contributed by atoms with E-state index in [1.165, 1.54) is 32.1 Å². The number of amides is 1. The van der Waals surface area contributed by atoms with Crippen molar-refractivity contribution < 1.29 is 14.3 Å². The monoisotopic (exact) mass is 309 g/mol. The number of ketones is 1. The third-order valence-electron chi connectivity index (χ3n) is 5.12. The summed E-state index contributed by atoms with van der Waals surface area (Å²) in [5.41, 5.74) is 0. The van der Waals surface area contributed by atoms with Gasteiger partial charge in [0.1, 0.15) is 5.78 Å². The van der Waals surface area contributed by atoms with Crippen molar-refractivity contribution in [2.45, 2.75) is 89.7 Å². The van der Waals surface area contributed by atoms with Crippen LogP contribution in [0.3, 0.4) is 0 Å². The Hall–Kier alpha value is -0.900. The normalized spacial score (nSPS) is 26.6. The largest absolute Gasteiger partial charge is 0.378 e. The van der Waals surface area contributed by atoms with E-state index in [0.29, 0.717) is 24.9 Å². The highest BCUT2D eigenvalue weighted by Crippen LogP contribution is 2.25. The first-order valence-electron chi connectivity index (χ1n) is 9.06. The number of ether oxygens (including phenoxy) is 1. The van der Waals surface area contributed by atoms with Crippen LogP contribution in [0, 0.1) is 5.92 Å². The Morgan fingerprint density at radius 3 is 2.32 bits per heavy atom. The predicted molar refractivity (Wildman–Crippen MR) is 86.6 cm³/mol. The van der Waals surface area contributed by atoms with Crippen molar-refractivity contribution >= 4 is 11.7 Å². The van der Waals surface area contributed by atoms with Crippen LogP contribution < -0.4 is 5.32 Å². The molecule has 0 atom stereocenters. The first kappa shape index (κ1) is 17.5. The highest BCUT2D eigenvalue weighted by Gasteiger charge is 2.24. The second-order valence-electron chi connectivity index (χ2n) is 6.96. The van der Waals surface area contributed by atoms with Crippen molar-refractivity contribution in [2.75, 3.05) is 6.61 Å². The minimum Gasteiger partial charge on any atom is -0.378 e. The smallest absolute Gasteiger partial charge is 0.220 e. The number of hydrogen-bond donors (Lipinski definition) is 1. The third kappa shape index (κ3) is 6.07. The summed E-state index contributed by atoms with van der Waals surface area (Å²) in [6, 6.07) is 0.266. The number of carbonyl (C=O) groups is 2. The van der Waals surface area contributed by atoms with E-state index in [9.17, 15) is 9.59 Å². The van der Waals surface area contributed by atoms with Crippen LogP contribution in [-0.2, 0) is 14.3 Å². The number of nitrogens with one attached hydrogen (secondary N) is 1. The minimum absolute atomic E-state index is 0.138. The van der Waals surface area contributed by atoms with E-state index in [4.69, 9.17) is 4.74 Å². The van der Waals surface area contributed by atoms with Gasteiger partial charge >= 0.3 is 0 Å². The molecule has 1 N–H and O–H groups in total. The van der Waals surface area contributed by atoms with Gasteiger partial charge in [0.15, 0.2) is 0 Å². The molecule has 0 aromatic heterocycles. The first-order valence-corrected chi connectivity index (χ1v) is 9.06. The number of rotatable bonds is 7. The summed E-state index contributed by atoms with van der Waals surface area (Å²) in [4.78, 5) is 23.3. The summed E-state index contributed by atoms with van der Waals surface area (Å²) < 4.78 is 5.85. The molecular weight excluding hydrogens is 278 g/mol. The van der Waals surface area contributed by atoms with Gasteiger partial charge in [0.2, 0.25) is 5.91 Å². The van der Waals surface area contributed by atoms with Gasteiger partial charge in [-0.2, -0.15) is 0 Å². The van der Waals surface area contributed by atoms with Crippen molar-refractivity contribution in [2.24, 2.45) is 5.92 Å². The van der Waals surface area contributed by atoms with E-state index in [0.717, 1.165) is 32.1 Å². The first-order chi connectivity index (χ1) is 10.6. The molecule has 2 aliphatic carbocycles. The molecule has 0 aromatic carbocycles. The Morgan fingerprint density at radius 1 is 1.00 bits per heavy atom. The van der Waals surface area contributed by atoms with Crippen molar-refractivity contribution in [1.29, 1.82) is 0 Å². The van der Waals surface area contributed by atoms with Gasteiger partial charge < -0.3 is 10.1 Å². The molecule has 0 aromatic rings. The van der Waals surface area contributed by atoms with E-state index in [2.05, 4.69) is 5.32 Å². The fraction of sp³-hybridized carbons (Fsp3) is 0.889. The molecular formula is C18H31NO3. The highest BCUT2D eigenvalue weighted by atomic mass is 16.5. The van der Waals surface area contributed by atoms with Crippen LogP contribution in [0.2, 0.25) is 0 Å². The highest BCUT2D eigenvalue weighted by molar-refractivity contribution is 5.78. The Balaban J connectivity index is 1.52. The van der Waals surface area contributed by atoms with Crippen LogP contribution in [0.4, 0.5) is 0 Å². The standard InChI is InChI=1S/C18H31NO3/c1-14(20)15-9-11-16(12-10-15)19-18(21)8-5-13-22-17-6-3-2-4-7-17/h15-17H,2-13H2,1H3,(H,19,21). The van der Waals surface area contributed by atoms with Crippen LogP contribution in [0.15, 0.2) is 0 Å². The molecule has 0 saturated heterocycles. The van der Waals surface area contributed by atoms with Crippen molar-refractivity contribution in [3.05, 3.63) is 0 Å². The van der Waals surface area contributed by atoms with Gasteiger partial charge in [-0.05, 0) is 51.9 Å². The number of Topliss-reactive ketones (excluding diaryl/α,β-unsaturated/α-hetero) is 1. The number of hydrogen-bond acceptors (Lipinski definition) is 3. The van der Waals surface area contributed by atoms with Gasteiger partial charge in [-0.15, -0.1) is 0 Å². The zero-order valence-electron chi connectivity index (χ0n) is 13.9. The molecule has 0 spiro atoms. The van der Waals surface area contributed by atoms with Crippen LogP contribution in [-0.4, -0.2) is 30.4 Å². The quantitative estimate of drug-likeness (QED) is 0.734. The third-order valence-corrected chi connectivity index (χ3v) is 5.12. The van der Waals surface area contributed by atoms with Crippen molar-refractivity contribution in [1.82, 2.24) is 5.32 Å². The summed E-state index contributed by atoms with van der Waals surface area (Å²) >= 11 is 0. The van der Waals surface area contributed by atoms with Crippen molar-refractivity contribution in [3.8, 4) is 0 Å². The molecule has 2 saturated carbocycles. The van der Waals surface area contributed by atoms with E-state index in [1.54, 1.807) is 6.92 Å². The zero-order valence-corrected chi connectivity index (χ0v) is 13.9. The van der Waals surface area contributed by atoms with Gasteiger partial charge in [-0.1, -0.05) is 19.3 Å². The summed E-state index contributed by atoms with van der Waals surface area (Å²) in [6.07, 6.45) is 11.8. The SMILES string of the molecule is CC(=O)C1CCC(NC(=O)CCCOC2CCCCC2)CC1. The maximum Gasteiger partial charge on any atom is 0.220 e. The maximum atomic E-state index is 11.9. The maximum absolute atomic E-state index is 11.9. The zero-order chi connectivity index (χ0) is 15.8. The lowest BCUT2D eigenvalue weighted by molar-refractivity contribution is -0.123. The van der Waals surface area contributed by atoms with E-state index in [1.807, 2.05) is 0 Å². The second kappa shape index (κ2) is 9.29. The average molecular weight is 309 g/mol. The van der Waals surface area contributed by atoms with E-state index < -0.39 is 0 Å². The summed E-state index contributed by atoms with van der Waals surface area (Å²) in [5, 5.41) is 3.11. The molecule has 0 heterocycles. The Morgan fingerprint density at radius 2 is 1.68 bits per heavy atom. The van der Waals surface area contributed by atoms with Gasteiger partial charge in [-0.25, -0.2) is 0 Å². The van der Waals surface area contributed by atoms with Gasteiger partial charge in [0, 0.05) is 25.0 Å². The molecule has 2 fully saturated rings. The van der Waals surface area contributed by atoms with E-state index in [-0.39, 0.29) is 17.9 Å². The fourth-order valence-electron chi connectivity index (χ4n) is 3.66. The minimum atomic E-state index is 0.138. The predicted octanol–water partition coefficient (Wildman–Crippen LogP) is 3.38. The molecule has 22 heavy (non-hydrogen) atoms. The van der Waals surface area contributed by atoms with Crippen LogP contribution in [0.25, 0.3) is 0 Å². The van der Waals surface area contributed by atoms with Gasteiger partial charge in [0.25, 0.3) is 0 Å². The van der Waals surface area contributed by atoms with Crippen molar-refractivity contribution in [3.63, 3.8) is 0 Å². The van der Waals surface area contributed by atoms with Gasteiger partial charge in [-0.3, -0.25) is 9.59 Å². The van der Waals surface area contributed by atoms with Crippen LogP contribution >= 0.6 is 0 Å². The number of carbonyl (C=O) groups excluding carboxylic acids is 2. The lowest BCUT2D eigenvalue weighted by Gasteiger charge is -2.27. The Kier molecular flexibility index (Phi) is 7.37. The molecule has 0 unspecified atom stereocenters. The average Bonchev–Trinajstić information content (AvgIpc) is 2.53. The molecule has 2 aliphatic rings. The molecule has 1 amide bonds. The molecule has 0 bridgehead atoms. The summed E-state index contributed by atoms with van der Waals surface area (Å²) in [5.74, 6) is 0.653. The lowest BCUT2D eigenvalue weighted by atomic mass is 9.84. The summed E-state index contributed by atoms with van der Waals surface area (Å²) in [7, 11) is 0.